The van der Waals surface area contributed by atoms with Crippen LogP contribution in [0.4, 0.5) is 0 Å². The zero-order chi connectivity index (χ0) is 11.2. The Kier molecular flexibility index (Phi) is 5.07. The summed E-state index contributed by atoms with van der Waals surface area (Å²) < 4.78 is 0. The Morgan fingerprint density at radius 1 is 1.19 bits per heavy atom. The van der Waals surface area contributed by atoms with Crippen molar-refractivity contribution in [3.8, 4) is 0 Å². The fourth-order valence-electron chi connectivity index (χ4n) is 1.44. The van der Waals surface area contributed by atoms with Gasteiger partial charge in [0.15, 0.2) is 0 Å². The van der Waals surface area contributed by atoms with E-state index in [1.165, 1.54) is 23.5 Å². The van der Waals surface area contributed by atoms with Gasteiger partial charge in [0.05, 0.1) is 0 Å². The second-order valence-corrected chi connectivity index (χ2v) is 6.53. The van der Waals surface area contributed by atoms with Crippen LogP contribution < -0.4 is 5.73 Å². The first kappa shape index (κ1) is 12.3. The van der Waals surface area contributed by atoms with E-state index in [2.05, 4.69) is 30.3 Å². The van der Waals surface area contributed by atoms with Crippen molar-refractivity contribution in [2.24, 2.45) is 11.7 Å². The summed E-state index contributed by atoms with van der Waals surface area (Å²) in [6.07, 6.45) is 2.89. The van der Waals surface area contributed by atoms with Crippen molar-refractivity contribution in [2.75, 3.05) is 17.3 Å². The third-order valence-corrected chi connectivity index (χ3v) is 5.16. The van der Waals surface area contributed by atoms with Crippen LogP contribution in [0.15, 0.2) is 35.2 Å². The maximum atomic E-state index is 6.09. The minimum absolute atomic E-state index is 0.328. The molecule has 1 aliphatic carbocycles. The molecule has 0 aromatic heterocycles. The summed E-state index contributed by atoms with van der Waals surface area (Å²) in [4.78, 5) is 1.32. The quantitative estimate of drug-likeness (QED) is 0.755. The summed E-state index contributed by atoms with van der Waals surface area (Å²) in [5, 5.41) is 0. The van der Waals surface area contributed by atoms with Crippen LogP contribution in [0.25, 0.3) is 0 Å². The van der Waals surface area contributed by atoms with Crippen LogP contribution in [0.5, 0.6) is 0 Å². The van der Waals surface area contributed by atoms with E-state index in [0.29, 0.717) is 6.04 Å². The molecule has 2 rings (SSSR count). The van der Waals surface area contributed by atoms with Crippen molar-refractivity contribution in [1.82, 2.24) is 0 Å². The molecule has 3 heteroatoms. The highest BCUT2D eigenvalue weighted by molar-refractivity contribution is 8.00. The first-order valence-electron chi connectivity index (χ1n) is 5.86. The molecular formula is C13H19NS2. The van der Waals surface area contributed by atoms with E-state index in [0.717, 1.165) is 17.4 Å². The largest absolute Gasteiger partial charge is 0.326 e. The first-order chi connectivity index (χ1) is 7.84. The van der Waals surface area contributed by atoms with Gasteiger partial charge in [0, 0.05) is 22.4 Å². The van der Waals surface area contributed by atoms with Gasteiger partial charge in [0.25, 0.3) is 0 Å². The Balaban J connectivity index is 1.57. The summed E-state index contributed by atoms with van der Waals surface area (Å²) in [6.45, 7) is 0. The van der Waals surface area contributed by atoms with E-state index in [1.807, 2.05) is 23.5 Å². The molecule has 0 saturated heterocycles. The van der Waals surface area contributed by atoms with E-state index in [4.69, 9.17) is 5.73 Å². The molecule has 1 atom stereocenters. The van der Waals surface area contributed by atoms with Crippen LogP contribution >= 0.6 is 23.5 Å². The predicted octanol–water partition coefficient (Wildman–Crippen LogP) is 3.25. The molecule has 1 saturated carbocycles. The molecule has 88 valence electrons. The summed E-state index contributed by atoms with van der Waals surface area (Å²) in [7, 11) is 0. The standard InChI is InChI=1S/C13H19NS2/c14-12(9-15-8-11-6-7-11)10-16-13-4-2-1-3-5-13/h1-5,11-12H,6-10,14H2/t12-/m0/s1. The number of hydrogen-bond acceptors (Lipinski definition) is 3. The Morgan fingerprint density at radius 3 is 2.62 bits per heavy atom. The smallest absolute Gasteiger partial charge is 0.0225 e. The van der Waals surface area contributed by atoms with Crippen molar-refractivity contribution in [3.63, 3.8) is 0 Å². The van der Waals surface area contributed by atoms with Crippen molar-refractivity contribution < 1.29 is 0 Å². The van der Waals surface area contributed by atoms with Gasteiger partial charge >= 0.3 is 0 Å². The van der Waals surface area contributed by atoms with Gasteiger partial charge in [-0.3, -0.25) is 0 Å². The van der Waals surface area contributed by atoms with E-state index in [-0.39, 0.29) is 0 Å². The van der Waals surface area contributed by atoms with Crippen LogP contribution in [0.1, 0.15) is 12.8 Å². The summed E-state index contributed by atoms with van der Waals surface area (Å²) >= 11 is 3.89. The van der Waals surface area contributed by atoms with Gasteiger partial charge in [0.1, 0.15) is 0 Å². The number of rotatable bonds is 7. The molecular weight excluding hydrogens is 234 g/mol. The minimum atomic E-state index is 0.328. The third kappa shape index (κ3) is 4.81. The van der Waals surface area contributed by atoms with Gasteiger partial charge in [-0.2, -0.15) is 11.8 Å². The summed E-state index contributed by atoms with van der Waals surface area (Å²) in [5.41, 5.74) is 6.09. The topological polar surface area (TPSA) is 26.0 Å². The van der Waals surface area contributed by atoms with Crippen molar-refractivity contribution in [3.05, 3.63) is 30.3 Å². The van der Waals surface area contributed by atoms with Crippen LogP contribution in [-0.4, -0.2) is 23.3 Å². The van der Waals surface area contributed by atoms with Crippen LogP contribution in [0.3, 0.4) is 0 Å². The second-order valence-electron chi connectivity index (χ2n) is 4.36. The number of nitrogens with two attached hydrogens (primary N) is 1. The Bertz CT molecular complexity index is 298. The molecule has 0 unspecified atom stereocenters. The Labute approximate surface area is 107 Å². The van der Waals surface area contributed by atoms with Crippen LogP contribution in [0.2, 0.25) is 0 Å². The number of benzene rings is 1. The normalized spacial score (nSPS) is 17.3. The van der Waals surface area contributed by atoms with Gasteiger partial charge in [-0.1, -0.05) is 18.2 Å². The lowest BCUT2D eigenvalue weighted by Crippen LogP contribution is -2.25. The number of hydrogen-bond donors (Lipinski definition) is 1. The first-order valence-corrected chi connectivity index (χ1v) is 8.00. The van der Waals surface area contributed by atoms with Crippen molar-refractivity contribution in [1.29, 1.82) is 0 Å². The number of thioether (sulfide) groups is 2. The van der Waals surface area contributed by atoms with E-state index in [9.17, 15) is 0 Å². The van der Waals surface area contributed by atoms with E-state index < -0.39 is 0 Å². The minimum Gasteiger partial charge on any atom is -0.326 e. The average Bonchev–Trinajstić information content (AvgIpc) is 3.12. The van der Waals surface area contributed by atoms with Gasteiger partial charge in [0.2, 0.25) is 0 Å². The van der Waals surface area contributed by atoms with E-state index in [1.54, 1.807) is 0 Å². The summed E-state index contributed by atoms with van der Waals surface area (Å²) in [6, 6.07) is 10.8. The maximum Gasteiger partial charge on any atom is 0.0225 e. The predicted molar refractivity (Wildman–Crippen MR) is 75.2 cm³/mol. The molecule has 0 amide bonds. The Morgan fingerprint density at radius 2 is 1.94 bits per heavy atom. The van der Waals surface area contributed by atoms with Gasteiger partial charge in [-0.15, -0.1) is 11.8 Å². The average molecular weight is 253 g/mol. The molecule has 1 fully saturated rings. The molecule has 1 nitrogen and oxygen atoms in total. The molecule has 1 aliphatic rings. The lowest BCUT2D eigenvalue weighted by molar-refractivity contribution is 0.857. The molecule has 0 radical (unpaired) electrons. The lowest BCUT2D eigenvalue weighted by atomic mass is 10.4. The van der Waals surface area contributed by atoms with Crippen LogP contribution in [-0.2, 0) is 0 Å². The van der Waals surface area contributed by atoms with E-state index >= 15 is 0 Å². The van der Waals surface area contributed by atoms with Gasteiger partial charge < -0.3 is 5.73 Å². The molecule has 1 aromatic carbocycles. The molecule has 0 aliphatic heterocycles. The molecule has 16 heavy (non-hydrogen) atoms. The fraction of sp³-hybridized carbons (Fsp3) is 0.538. The molecule has 0 bridgehead atoms. The maximum absolute atomic E-state index is 6.09. The highest BCUT2D eigenvalue weighted by Gasteiger charge is 2.20. The highest BCUT2D eigenvalue weighted by atomic mass is 32.2. The van der Waals surface area contributed by atoms with Gasteiger partial charge in [-0.05, 0) is 36.6 Å². The second kappa shape index (κ2) is 6.58. The van der Waals surface area contributed by atoms with Gasteiger partial charge in [-0.25, -0.2) is 0 Å². The highest BCUT2D eigenvalue weighted by Crippen LogP contribution is 2.32. The Hall–Kier alpha value is -0.120. The fourth-order valence-corrected chi connectivity index (χ4v) is 3.69. The monoisotopic (exact) mass is 253 g/mol. The van der Waals surface area contributed by atoms with Crippen molar-refractivity contribution in [2.45, 2.75) is 23.8 Å². The van der Waals surface area contributed by atoms with Crippen LogP contribution in [0, 0.1) is 5.92 Å². The lowest BCUT2D eigenvalue weighted by Gasteiger charge is -2.10. The molecule has 2 N–H and O–H groups in total. The molecule has 1 aromatic rings. The zero-order valence-corrected chi connectivity index (χ0v) is 11.1. The third-order valence-electron chi connectivity index (χ3n) is 2.59. The SMILES string of the molecule is N[C@@H](CSCC1CC1)CSc1ccccc1. The molecule has 0 spiro atoms. The van der Waals surface area contributed by atoms with Crippen molar-refractivity contribution >= 4 is 23.5 Å². The zero-order valence-electron chi connectivity index (χ0n) is 9.47. The summed E-state index contributed by atoms with van der Waals surface area (Å²) in [5.74, 6) is 4.47. The molecule has 0 heterocycles.